The zero-order valence-corrected chi connectivity index (χ0v) is 21.3. The van der Waals surface area contributed by atoms with Gasteiger partial charge in [0.2, 0.25) is 0 Å². The summed E-state index contributed by atoms with van der Waals surface area (Å²) in [6.45, 7) is 1.24. The number of amides is 1. The highest BCUT2D eigenvalue weighted by atomic mass is 32.2. The van der Waals surface area contributed by atoms with Crippen LogP contribution in [0.15, 0.2) is 82.8 Å². The second-order valence-corrected chi connectivity index (χ2v) is 9.48. The first kappa shape index (κ1) is 27.1. The number of hydrogen-bond donors (Lipinski definition) is 1. The Hall–Kier alpha value is -4.45. The second kappa shape index (κ2) is 12.0. The van der Waals surface area contributed by atoms with Gasteiger partial charge in [-0.15, -0.1) is 0 Å². The molecule has 3 rings (SSSR count). The summed E-state index contributed by atoms with van der Waals surface area (Å²) >= 11 is 0. The van der Waals surface area contributed by atoms with Gasteiger partial charge in [0.15, 0.2) is 11.5 Å². The van der Waals surface area contributed by atoms with Crippen LogP contribution in [0.2, 0.25) is 0 Å². The van der Waals surface area contributed by atoms with Crippen LogP contribution in [0.5, 0.6) is 11.5 Å². The maximum absolute atomic E-state index is 13.4. The summed E-state index contributed by atoms with van der Waals surface area (Å²) in [7, 11) is -1.14. The first-order valence-corrected chi connectivity index (χ1v) is 12.5. The molecule has 0 heterocycles. The Labute approximate surface area is 214 Å². The number of sulfonamides is 1. The molecule has 1 N–H and O–H groups in total. The number of nitro benzene ring substituents is 1. The number of ether oxygens (including phenoxy) is 2. The van der Waals surface area contributed by atoms with Crippen LogP contribution in [0.3, 0.4) is 0 Å². The number of nitrogens with zero attached hydrogens (tertiary/aromatic N) is 3. The quantitative estimate of drug-likeness (QED) is 0.228. The SMILES string of the molecule is CC/C(=N/NC(=O)CN(c1ccc([N+](=O)[O-])cc1)S(=O)(=O)c1ccccc1)c1ccc(OC)c(OC)c1. The fourth-order valence-corrected chi connectivity index (χ4v) is 4.88. The summed E-state index contributed by atoms with van der Waals surface area (Å²) in [4.78, 5) is 23.3. The maximum Gasteiger partial charge on any atom is 0.269 e. The molecule has 11 nitrogen and oxygen atoms in total. The van der Waals surface area contributed by atoms with E-state index in [9.17, 15) is 23.3 Å². The molecule has 0 fully saturated rings. The number of carbonyl (C=O) groups is 1. The molecule has 0 saturated carbocycles. The van der Waals surface area contributed by atoms with Gasteiger partial charge in [0, 0.05) is 17.7 Å². The molecule has 37 heavy (non-hydrogen) atoms. The van der Waals surface area contributed by atoms with E-state index in [2.05, 4.69) is 10.5 Å². The highest BCUT2D eigenvalue weighted by Crippen LogP contribution is 2.28. The van der Waals surface area contributed by atoms with Crippen molar-refractivity contribution in [2.45, 2.75) is 18.2 Å². The van der Waals surface area contributed by atoms with Crippen LogP contribution in [0, 0.1) is 10.1 Å². The van der Waals surface area contributed by atoms with Crippen molar-refractivity contribution >= 4 is 33.0 Å². The molecule has 0 aromatic heterocycles. The zero-order valence-electron chi connectivity index (χ0n) is 20.5. The van der Waals surface area contributed by atoms with E-state index in [1.165, 1.54) is 50.6 Å². The zero-order chi connectivity index (χ0) is 27.0. The Morgan fingerprint density at radius 1 is 1.00 bits per heavy atom. The number of hydrazone groups is 1. The highest BCUT2D eigenvalue weighted by molar-refractivity contribution is 7.92. The lowest BCUT2D eigenvalue weighted by Crippen LogP contribution is -2.39. The highest BCUT2D eigenvalue weighted by Gasteiger charge is 2.27. The third-order valence-electron chi connectivity index (χ3n) is 5.33. The van der Waals surface area contributed by atoms with Crippen molar-refractivity contribution < 1.29 is 27.6 Å². The minimum atomic E-state index is -4.17. The molecule has 194 valence electrons. The van der Waals surface area contributed by atoms with Crippen molar-refractivity contribution in [3.05, 3.63) is 88.5 Å². The number of rotatable bonds is 11. The molecule has 0 aliphatic carbocycles. The van der Waals surface area contributed by atoms with Gasteiger partial charge < -0.3 is 9.47 Å². The number of nitro groups is 1. The average molecular weight is 527 g/mol. The van der Waals surface area contributed by atoms with Crippen molar-refractivity contribution in [2.75, 3.05) is 25.1 Å². The summed E-state index contributed by atoms with van der Waals surface area (Å²) < 4.78 is 38.2. The average Bonchev–Trinajstić information content (AvgIpc) is 2.92. The van der Waals surface area contributed by atoms with E-state index >= 15 is 0 Å². The van der Waals surface area contributed by atoms with Crippen molar-refractivity contribution in [2.24, 2.45) is 5.10 Å². The molecule has 0 aliphatic rings. The molecule has 0 aliphatic heterocycles. The number of carbonyl (C=O) groups excluding carboxylic acids is 1. The van der Waals surface area contributed by atoms with Gasteiger partial charge in [0.1, 0.15) is 6.54 Å². The fourth-order valence-electron chi connectivity index (χ4n) is 3.43. The number of non-ortho nitro benzene ring substituents is 1. The van der Waals surface area contributed by atoms with E-state index in [4.69, 9.17) is 9.47 Å². The Bertz CT molecular complexity index is 1390. The Kier molecular flexibility index (Phi) is 8.80. The van der Waals surface area contributed by atoms with Crippen molar-refractivity contribution in [3.8, 4) is 11.5 Å². The van der Waals surface area contributed by atoms with Crippen LogP contribution in [0.25, 0.3) is 0 Å². The number of anilines is 1. The van der Waals surface area contributed by atoms with Crippen molar-refractivity contribution in [3.63, 3.8) is 0 Å². The molecule has 0 bridgehead atoms. The van der Waals surface area contributed by atoms with Gasteiger partial charge in [-0.05, 0) is 48.9 Å². The lowest BCUT2D eigenvalue weighted by Gasteiger charge is -2.23. The lowest BCUT2D eigenvalue weighted by molar-refractivity contribution is -0.384. The molecular weight excluding hydrogens is 500 g/mol. The monoisotopic (exact) mass is 526 g/mol. The minimum absolute atomic E-state index is 0.0378. The number of hydrogen-bond acceptors (Lipinski definition) is 8. The topological polar surface area (TPSA) is 140 Å². The van der Waals surface area contributed by atoms with E-state index in [-0.39, 0.29) is 16.3 Å². The molecule has 12 heteroatoms. The van der Waals surface area contributed by atoms with Gasteiger partial charge in [0.05, 0.1) is 35.4 Å². The number of methoxy groups -OCH3 is 2. The molecule has 0 atom stereocenters. The molecule has 0 unspecified atom stereocenters. The van der Waals surface area contributed by atoms with Gasteiger partial charge >= 0.3 is 0 Å². The van der Waals surface area contributed by atoms with Crippen molar-refractivity contribution in [1.29, 1.82) is 0 Å². The summed E-state index contributed by atoms with van der Waals surface area (Å²) in [5, 5.41) is 15.2. The van der Waals surface area contributed by atoms with Gasteiger partial charge in [-0.25, -0.2) is 13.8 Å². The first-order chi connectivity index (χ1) is 17.7. The van der Waals surface area contributed by atoms with Gasteiger partial charge in [-0.3, -0.25) is 19.2 Å². The maximum atomic E-state index is 13.4. The van der Waals surface area contributed by atoms with E-state index in [0.717, 1.165) is 4.31 Å². The van der Waals surface area contributed by atoms with Crippen LogP contribution < -0.4 is 19.2 Å². The molecule has 0 spiro atoms. The van der Waals surface area contributed by atoms with Crippen LogP contribution in [0.4, 0.5) is 11.4 Å². The summed E-state index contributed by atoms with van der Waals surface area (Å²) in [6, 6.07) is 17.7. The van der Waals surface area contributed by atoms with Gasteiger partial charge in [-0.2, -0.15) is 5.10 Å². The Morgan fingerprint density at radius 3 is 2.22 bits per heavy atom. The van der Waals surface area contributed by atoms with E-state index in [1.54, 1.807) is 36.4 Å². The van der Waals surface area contributed by atoms with Gasteiger partial charge in [0.25, 0.3) is 21.6 Å². The summed E-state index contributed by atoms with van der Waals surface area (Å²) in [6.07, 6.45) is 0.462. The molecule has 3 aromatic rings. The van der Waals surface area contributed by atoms with Crippen molar-refractivity contribution in [1.82, 2.24) is 5.43 Å². The third-order valence-corrected chi connectivity index (χ3v) is 7.12. The summed E-state index contributed by atoms with van der Waals surface area (Å²) in [5.74, 6) is 0.325. The largest absolute Gasteiger partial charge is 0.493 e. The van der Waals surface area contributed by atoms with Crippen LogP contribution >= 0.6 is 0 Å². The summed E-state index contributed by atoms with van der Waals surface area (Å²) in [5.41, 5.74) is 3.51. The molecule has 3 aromatic carbocycles. The standard InChI is InChI=1S/C25H26N4O7S/c1-4-22(18-10-15-23(35-2)24(16-18)36-3)26-27-25(30)17-28(19-11-13-20(14-12-19)29(31)32)37(33,34)21-8-6-5-7-9-21/h5-16H,4,17H2,1-3H3,(H,27,30)/b26-22-. The van der Waals surface area contributed by atoms with Crippen LogP contribution in [-0.2, 0) is 14.8 Å². The Morgan fingerprint density at radius 2 is 1.65 bits per heavy atom. The van der Waals surface area contributed by atoms with Gasteiger partial charge in [-0.1, -0.05) is 25.1 Å². The lowest BCUT2D eigenvalue weighted by atomic mass is 10.1. The molecular formula is C25H26N4O7S. The Balaban J connectivity index is 1.90. The van der Waals surface area contributed by atoms with E-state index in [1.807, 2.05) is 6.92 Å². The fraction of sp³-hybridized carbons (Fsp3) is 0.200. The van der Waals surface area contributed by atoms with Crippen LogP contribution in [0.1, 0.15) is 18.9 Å². The minimum Gasteiger partial charge on any atom is -0.493 e. The molecule has 0 saturated heterocycles. The molecule has 1 amide bonds. The van der Waals surface area contributed by atoms with E-state index in [0.29, 0.717) is 29.2 Å². The normalized spacial score (nSPS) is 11.5. The van der Waals surface area contributed by atoms with E-state index < -0.39 is 27.4 Å². The smallest absolute Gasteiger partial charge is 0.269 e. The second-order valence-electron chi connectivity index (χ2n) is 7.62. The predicted molar refractivity (Wildman–Crippen MR) is 139 cm³/mol. The molecule has 0 radical (unpaired) electrons. The number of nitrogens with one attached hydrogen (secondary N) is 1. The van der Waals surface area contributed by atoms with Crippen LogP contribution in [-0.4, -0.2) is 45.7 Å². The predicted octanol–water partition coefficient (Wildman–Crippen LogP) is 3.74. The first-order valence-electron chi connectivity index (χ1n) is 11.1. The number of benzene rings is 3. The third kappa shape index (κ3) is 6.41.